The van der Waals surface area contributed by atoms with E-state index < -0.39 is 5.54 Å². The highest BCUT2D eigenvalue weighted by molar-refractivity contribution is 5.96. The molecule has 0 aliphatic heterocycles. The lowest BCUT2D eigenvalue weighted by molar-refractivity contribution is -0.152. The Morgan fingerprint density at radius 1 is 1.32 bits per heavy atom. The monoisotopic (exact) mass is 345 g/mol. The van der Waals surface area contributed by atoms with E-state index in [4.69, 9.17) is 9.15 Å². The molecule has 134 valence electrons. The number of nitrogens with zero attached hydrogens (tertiary/aromatic N) is 2. The number of ether oxygens (including phenoxy) is 1. The summed E-state index contributed by atoms with van der Waals surface area (Å²) >= 11 is 0. The van der Waals surface area contributed by atoms with Gasteiger partial charge in [-0.05, 0) is 38.0 Å². The number of rotatable bonds is 6. The second-order valence-corrected chi connectivity index (χ2v) is 6.29. The minimum atomic E-state index is -0.944. The van der Waals surface area contributed by atoms with Crippen LogP contribution in [0.3, 0.4) is 0 Å². The number of esters is 1. The van der Waals surface area contributed by atoms with Crippen LogP contribution in [0.2, 0.25) is 0 Å². The van der Waals surface area contributed by atoms with Gasteiger partial charge in [0, 0.05) is 12.4 Å². The predicted molar refractivity (Wildman–Crippen MR) is 90.0 cm³/mol. The van der Waals surface area contributed by atoms with Crippen molar-refractivity contribution >= 4 is 11.9 Å². The highest BCUT2D eigenvalue weighted by atomic mass is 16.5. The van der Waals surface area contributed by atoms with Crippen LogP contribution in [0.15, 0.2) is 35.0 Å². The van der Waals surface area contributed by atoms with Gasteiger partial charge in [-0.3, -0.25) is 9.48 Å². The van der Waals surface area contributed by atoms with Gasteiger partial charge in [0.05, 0.1) is 13.2 Å². The van der Waals surface area contributed by atoms with Gasteiger partial charge in [-0.25, -0.2) is 4.79 Å². The van der Waals surface area contributed by atoms with Gasteiger partial charge in [0.25, 0.3) is 5.91 Å². The molecule has 0 aromatic carbocycles. The van der Waals surface area contributed by atoms with Crippen molar-refractivity contribution in [3.8, 4) is 0 Å². The van der Waals surface area contributed by atoms with Gasteiger partial charge in [-0.1, -0.05) is 19.3 Å². The van der Waals surface area contributed by atoms with Crippen molar-refractivity contribution in [3.63, 3.8) is 0 Å². The Hall–Kier alpha value is -2.57. The molecule has 2 aromatic heterocycles. The largest absolute Gasteiger partial charge is 0.464 e. The molecule has 1 fully saturated rings. The first-order chi connectivity index (χ1) is 12.1. The summed E-state index contributed by atoms with van der Waals surface area (Å²) in [5, 5.41) is 6.98. The van der Waals surface area contributed by atoms with Crippen molar-refractivity contribution in [2.75, 3.05) is 6.61 Å². The van der Waals surface area contributed by atoms with Gasteiger partial charge < -0.3 is 14.5 Å². The number of carbonyl (C=O) groups is 2. The molecule has 1 aliphatic carbocycles. The molecule has 0 bridgehead atoms. The van der Waals surface area contributed by atoms with Gasteiger partial charge >= 0.3 is 5.97 Å². The number of amides is 1. The van der Waals surface area contributed by atoms with Gasteiger partial charge in [0.1, 0.15) is 11.3 Å². The third-order valence-corrected chi connectivity index (χ3v) is 4.49. The molecular weight excluding hydrogens is 322 g/mol. The zero-order valence-corrected chi connectivity index (χ0v) is 14.4. The quantitative estimate of drug-likeness (QED) is 0.813. The van der Waals surface area contributed by atoms with E-state index in [-0.39, 0.29) is 17.6 Å². The summed E-state index contributed by atoms with van der Waals surface area (Å²) in [6.07, 6.45) is 7.54. The Bertz CT molecular complexity index is 715. The lowest BCUT2D eigenvalue weighted by atomic mass is 9.81. The van der Waals surface area contributed by atoms with E-state index in [9.17, 15) is 9.59 Å². The van der Waals surface area contributed by atoms with Crippen LogP contribution in [0, 0.1) is 0 Å². The molecule has 2 aromatic rings. The second kappa shape index (κ2) is 7.55. The topological polar surface area (TPSA) is 86.4 Å². The first-order valence-electron chi connectivity index (χ1n) is 8.69. The van der Waals surface area contributed by atoms with Crippen LogP contribution in [0.4, 0.5) is 0 Å². The van der Waals surface area contributed by atoms with Crippen molar-refractivity contribution in [2.24, 2.45) is 0 Å². The smallest absolute Gasteiger partial charge is 0.331 e. The van der Waals surface area contributed by atoms with E-state index in [1.165, 1.54) is 0 Å². The van der Waals surface area contributed by atoms with Crippen molar-refractivity contribution in [1.82, 2.24) is 15.1 Å². The lowest BCUT2D eigenvalue weighted by Crippen LogP contribution is -2.56. The Morgan fingerprint density at radius 2 is 2.12 bits per heavy atom. The maximum absolute atomic E-state index is 12.6. The molecule has 0 spiro atoms. The first-order valence-corrected chi connectivity index (χ1v) is 8.69. The van der Waals surface area contributed by atoms with Crippen molar-refractivity contribution in [1.29, 1.82) is 0 Å². The van der Waals surface area contributed by atoms with Crippen molar-refractivity contribution < 1.29 is 18.7 Å². The molecule has 7 heteroatoms. The van der Waals surface area contributed by atoms with E-state index in [0.29, 0.717) is 31.8 Å². The predicted octanol–water partition coefficient (Wildman–Crippen LogP) is 2.52. The number of nitrogens with one attached hydrogen (secondary N) is 1. The molecule has 1 N–H and O–H groups in total. The van der Waals surface area contributed by atoms with E-state index in [2.05, 4.69) is 10.4 Å². The number of furan rings is 1. The average molecular weight is 345 g/mol. The van der Waals surface area contributed by atoms with Crippen molar-refractivity contribution in [3.05, 3.63) is 42.1 Å². The molecule has 1 aliphatic rings. The van der Waals surface area contributed by atoms with Crippen molar-refractivity contribution in [2.45, 2.75) is 51.1 Å². The molecule has 1 amide bonds. The minimum absolute atomic E-state index is 0.191. The van der Waals surface area contributed by atoms with Crippen LogP contribution >= 0.6 is 0 Å². The van der Waals surface area contributed by atoms with E-state index in [0.717, 1.165) is 19.3 Å². The Balaban J connectivity index is 1.71. The molecule has 0 unspecified atom stereocenters. The fourth-order valence-corrected chi connectivity index (χ4v) is 3.22. The maximum Gasteiger partial charge on any atom is 0.331 e. The molecule has 0 radical (unpaired) electrons. The molecule has 0 atom stereocenters. The summed E-state index contributed by atoms with van der Waals surface area (Å²) in [6, 6.07) is 5.19. The molecule has 7 nitrogen and oxygen atoms in total. The Kier molecular flexibility index (Phi) is 5.21. The van der Waals surface area contributed by atoms with Gasteiger partial charge in [-0.15, -0.1) is 0 Å². The van der Waals surface area contributed by atoms with E-state index in [1.807, 2.05) is 12.3 Å². The van der Waals surface area contributed by atoms with Crippen LogP contribution in [-0.2, 0) is 16.1 Å². The summed E-state index contributed by atoms with van der Waals surface area (Å²) in [5.41, 5.74) is -0.944. The summed E-state index contributed by atoms with van der Waals surface area (Å²) in [4.78, 5) is 25.0. The molecule has 2 heterocycles. The van der Waals surface area contributed by atoms with E-state index >= 15 is 0 Å². The molecule has 1 saturated carbocycles. The Labute approximate surface area is 146 Å². The maximum atomic E-state index is 12.6. The number of aromatic nitrogens is 2. The van der Waals surface area contributed by atoms with Crippen LogP contribution < -0.4 is 5.32 Å². The number of hydrogen-bond acceptors (Lipinski definition) is 5. The molecule has 3 rings (SSSR count). The number of carbonyl (C=O) groups excluding carboxylic acids is 2. The zero-order valence-electron chi connectivity index (χ0n) is 14.4. The van der Waals surface area contributed by atoms with Crippen LogP contribution in [0.25, 0.3) is 0 Å². The van der Waals surface area contributed by atoms with Crippen LogP contribution in [0.1, 0.15) is 55.3 Å². The normalized spacial score (nSPS) is 16.4. The van der Waals surface area contributed by atoms with Gasteiger partial charge in [0.2, 0.25) is 0 Å². The minimum Gasteiger partial charge on any atom is -0.464 e. The van der Waals surface area contributed by atoms with Gasteiger partial charge in [-0.2, -0.15) is 5.10 Å². The summed E-state index contributed by atoms with van der Waals surface area (Å²) in [5.74, 6) is 0.0760. The highest BCUT2D eigenvalue weighted by Gasteiger charge is 2.42. The zero-order chi connectivity index (χ0) is 17.7. The SMILES string of the molecule is CCOC(=O)C1(NC(=O)c2ccc(Cn3cccn3)o2)CCCCC1. The average Bonchev–Trinajstić information content (AvgIpc) is 3.28. The fraction of sp³-hybridized carbons (Fsp3) is 0.500. The molecule has 0 saturated heterocycles. The molecule has 25 heavy (non-hydrogen) atoms. The number of hydrogen-bond donors (Lipinski definition) is 1. The second-order valence-electron chi connectivity index (χ2n) is 6.29. The summed E-state index contributed by atoms with van der Waals surface area (Å²) < 4.78 is 12.5. The third-order valence-electron chi connectivity index (χ3n) is 4.49. The van der Waals surface area contributed by atoms with Gasteiger partial charge in [0.15, 0.2) is 5.76 Å². The highest BCUT2D eigenvalue weighted by Crippen LogP contribution is 2.30. The molecular formula is C18H23N3O4. The summed E-state index contributed by atoms with van der Waals surface area (Å²) in [7, 11) is 0. The standard InChI is InChI=1S/C18H23N3O4/c1-2-24-17(23)18(9-4-3-5-10-18)20-16(22)15-8-7-14(25-15)13-21-12-6-11-19-21/h6-8,11-12H,2-5,9-10,13H2,1H3,(H,20,22). The summed E-state index contributed by atoms with van der Waals surface area (Å²) in [6.45, 7) is 2.51. The third kappa shape index (κ3) is 3.92. The Morgan fingerprint density at radius 3 is 2.80 bits per heavy atom. The lowest BCUT2D eigenvalue weighted by Gasteiger charge is -2.35. The van der Waals surface area contributed by atoms with E-state index in [1.54, 1.807) is 29.9 Å². The van der Waals surface area contributed by atoms with Crippen LogP contribution in [-0.4, -0.2) is 33.8 Å². The first kappa shape index (κ1) is 17.3. The fourth-order valence-electron chi connectivity index (χ4n) is 3.22. The van der Waals surface area contributed by atoms with Crippen LogP contribution in [0.5, 0.6) is 0 Å².